The summed E-state index contributed by atoms with van der Waals surface area (Å²) >= 11 is 1.46. The minimum atomic E-state index is -0.374. The number of hydrogen-bond donors (Lipinski definition) is 1. The highest BCUT2D eigenvalue weighted by Gasteiger charge is 2.05. The van der Waals surface area contributed by atoms with Crippen LogP contribution in [-0.2, 0) is 0 Å². The van der Waals surface area contributed by atoms with Crippen molar-refractivity contribution in [1.82, 2.24) is 4.98 Å². The number of rotatable bonds is 4. The van der Waals surface area contributed by atoms with Gasteiger partial charge in [0.15, 0.2) is 0 Å². The van der Waals surface area contributed by atoms with E-state index in [-0.39, 0.29) is 6.10 Å². The third kappa shape index (κ3) is 2.65. The maximum absolute atomic E-state index is 9.64. The second-order valence-corrected chi connectivity index (χ2v) is 4.42. The van der Waals surface area contributed by atoms with Gasteiger partial charge in [-0.2, -0.15) is 0 Å². The Labute approximate surface area is 98.5 Å². The monoisotopic (exact) mass is 235 g/mol. The van der Waals surface area contributed by atoms with Crippen LogP contribution in [0, 0.1) is 0 Å². The largest absolute Gasteiger partial charge is 0.440 e. The lowest BCUT2D eigenvalue weighted by Gasteiger charge is -2.07. The van der Waals surface area contributed by atoms with Crippen molar-refractivity contribution in [1.29, 1.82) is 0 Å². The van der Waals surface area contributed by atoms with Crippen LogP contribution >= 0.6 is 11.8 Å². The van der Waals surface area contributed by atoms with Crippen LogP contribution in [0.5, 0.6) is 0 Å². The van der Waals surface area contributed by atoms with E-state index in [0.717, 1.165) is 16.9 Å². The minimum absolute atomic E-state index is 0.374. The first-order valence-corrected chi connectivity index (χ1v) is 5.96. The van der Waals surface area contributed by atoms with Crippen LogP contribution in [0.1, 0.15) is 25.0 Å². The van der Waals surface area contributed by atoms with Gasteiger partial charge in [0.2, 0.25) is 0 Å². The number of hydrogen-bond acceptors (Lipinski definition) is 4. The van der Waals surface area contributed by atoms with E-state index >= 15 is 0 Å². The topological polar surface area (TPSA) is 46.3 Å². The molecule has 0 fully saturated rings. The molecule has 0 radical (unpaired) electrons. The van der Waals surface area contributed by atoms with Gasteiger partial charge >= 0.3 is 0 Å². The molecule has 1 N–H and O–H groups in total. The third-order valence-corrected chi connectivity index (χ3v) is 3.15. The summed E-state index contributed by atoms with van der Waals surface area (Å²) in [5, 5.41) is 10.3. The van der Waals surface area contributed by atoms with Gasteiger partial charge in [0, 0.05) is 4.90 Å². The summed E-state index contributed by atoms with van der Waals surface area (Å²) < 4.78 is 5.14. The van der Waals surface area contributed by atoms with Crippen molar-refractivity contribution in [3.8, 4) is 0 Å². The molecular weight excluding hydrogens is 222 g/mol. The molecule has 4 heteroatoms. The molecule has 0 aliphatic rings. The van der Waals surface area contributed by atoms with E-state index in [0.29, 0.717) is 5.22 Å². The van der Waals surface area contributed by atoms with Crippen molar-refractivity contribution >= 4 is 11.8 Å². The molecule has 2 aromatic rings. The molecule has 1 aromatic heterocycles. The van der Waals surface area contributed by atoms with Gasteiger partial charge in [-0.25, -0.2) is 4.98 Å². The molecule has 0 bridgehead atoms. The molecule has 0 aliphatic carbocycles. The summed E-state index contributed by atoms with van der Waals surface area (Å²) in [4.78, 5) is 5.08. The van der Waals surface area contributed by atoms with Crippen LogP contribution in [0.2, 0.25) is 0 Å². The van der Waals surface area contributed by atoms with Crippen LogP contribution in [0.25, 0.3) is 0 Å². The molecule has 0 spiro atoms. The number of aliphatic hydroxyl groups is 1. The molecule has 16 heavy (non-hydrogen) atoms. The third-order valence-electron chi connectivity index (χ3n) is 2.27. The van der Waals surface area contributed by atoms with E-state index < -0.39 is 0 Å². The first kappa shape index (κ1) is 11.2. The zero-order valence-corrected chi connectivity index (χ0v) is 9.78. The summed E-state index contributed by atoms with van der Waals surface area (Å²) in [6, 6.07) is 7.78. The lowest BCUT2D eigenvalue weighted by atomic mass is 10.1. The Morgan fingerprint density at radius 1 is 1.38 bits per heavy atom. The van der Waals surface area contributed by atoms with E-state index in [1.165, 1.54) is 11.8 Å². The zero-order valence-electron chi connectivity index (χ0n) is 8.96. The molecule has 84 valence electrons. The summed E-state index contributed by atoms with van der Waals surface area (Å²) in [5.74, 6) is 0. The molecule has 1 heterocycles. The van der Waals surface area contributed by atoms with Gasteiger partial charge in [-0.3, -0.25) is 0 Å². The van der Waals surface area contributed by atoms with E-state index in [2.05, 4.69) is 4.98 Å². The number of oxazole rings is 1. The standard InChI is InChI=1S/C12H13NO2S/c1-2-11(14)9-3-5-10(6-4-9)16-12-13-7-8-15-12/h3-8,11,14H,2H2,1H3/t11-/m0/s1. The Bertz CT molecular complexity index is 425. The molecule has 0 saturated carbocycles. The van der Waals surface area contributed by atoms with Crippen molar-refractivity contribution in [2.75, 3.05) is 0 Å². The average Bonchev–Trinajstić information content (AvgIpc) is 2.82. The zero-order chi connectivity index (χ0) is 11.4. The number of nitrogens with zero attached hydrogens (tertiary/aromatic N) is 1. The highest BCUT2D eigenvalue weighted by molar-refractivity contribution is 7.99. The van der Waals surface area contributed by atoms with Crippen LogP contribution < -0.4 is 0 Å². The fourth-order valence-electron chi connectivity index (χ4n) is 1.36. The van der Waals surface area contributed by atoms with E-state index in [9.17, 15) is 5.11 Å². The summed E-state index contributed by atoms with van der Waals surface area (Å²) in [6.45, 7) is 1.96. The van der Waals surface area contributed by atoms with E-state index in [1.807, 2.05) is 31.2 Å². The molecule has 1 aromatic carbocycles. The Balaban J connectivity index is 2.07. The number of aliphatic hydroxyl groups excluding tert-OH is 1. The van der Waals surface area contributed by atoms with E-state index in [1.54, 1.807) is 12.5 Å². The van der Waals surface area contributed by atoms with Gasteiger partial charge in [-0.05, 0) is 35.9 Å². The second kappa shape index (κ2) is 5.18. The lowest BCUT2D eigenvalue weighted by molar-refractivity contribution is 0.173. The van der Waals surface area contributed by atoms with Crippen molar-refractivity contribution in [2.24, 2.45) is 0 Å². The van der Waals surface area contributed by atoms with Crippen molar-refractivity contribution in [2.45, 2.75) is 29.6 Å². The van der Waals surface area contributed by atoms with Gasteiger partial charge in [0.1, 0.15) is 6.26 Å². The summed E-state index contributed by atoms with van der Waals surface area (Å²) in [7, 11) is 0. The quantitative estimate of drug-likeness (QED) is 0.883. The SMILES string of the molecule is CC[C@H](O)c1ccc(Sc2ncco2)cc1. The van der Waals surface area contributed by atoms with Crippen molar-refractivity contribution in [3.05, 3.63) is 42.3 Å². The van der Waals surface area contributed by atoms with Crippen molar-refractivity contribution < 1.29 is 9.52 Å². The van der Waals surface area contributed by atoms with Crippen LogP contribution in [-0.4, -0.2) is 10.1 Å². The predicted molar refractivity (Wildman–Crippen MR) is 62.3 cm³/mol. The fraction of sp³-hybridized carbons (Fsp3) is 0.250. The number of benzene rings is 1. The second-order valence-electron chi connectivity index (χ2n) is 3.39. The minimum Gasteiger partial charge on any atom is -0.440 e. The molecule has 0 amide bonds. The highest BCUT2D eigenvalue weighted by atomic mass is 32.2. The molecule has 3 nitrogen and oxygen atoms in total. The lowest BCUT2D eigenvalue weighted by Crippen LogP contribution is -1.93. The van der Waals surface area contributed by atoms with Crippen LogP contribution in [0.4, 0.5) is 0 Å². The first-order valence-electron chi connectivity index (χ1n) is 5.15. The maximum Gasteiger partial charge on any atom is 0.260 e. The van der Waals surface area contributed by atoms with Gasteiger partial charge < -0.3 is 9.52 Å². The number of aromatic nitrogens is 1. The van der Waals surface area contributed by atoms with Crippen molar-refractivity contribution in [3.63, 3.8) is 0 Å². The fourth-order valence-corrected chi connectivity index (χ4v) is 2.05. The highest BCUT2D eigenvalue weighted by Crippen LogP contribution is 2.27. The first-order chi connectivity index (χ1) is 7.79. The molecule has 0 unspecified atom stereocenters. The molecule has 0 aliphatic heterocycles. The smallest absolute Gasteiger partial charge is 0.260 e. The predicted octanol–water partition coefficient (Wildman–Crippen LogP) is 3.27. The normalized spacial score (nSPS) is 12.6. The van der Waals surface area contributed by atoms with Gasteiger partial charge in [0.25, 0.3) is 5.22 Å². The Kier molecular flexibility index (Phi) is 3.64. The average molecular weight is 235 g/mol. The maximum atomic E-state index is 9.64. The Morgan fingerprint density at radius 3 is 2.69 bits per heavy atom. The van der Waals surface area contributed by atoms with Gasteiger partial charge in [-0.15, -0.1) is 0 Å². The van der Waals surface area contributed by atoms with Gasteiger partial charge in [0.05, 0.1) is 12.3 Å². The molecule has 2 rings (SSSR count). The molecular formula is C12H13NO2S. The molecule has 0 saturated heterocycles. The Morgan fingerprint density at radius 2 is 2.12 bits per heavy atom. The summed E-state index contributed by atoms with van der Waals surface area (Å²) in [6.07, 6.45) is 3.53. The Hall–Kier alpha value is -1.26. The summed E-state index contributed by atoms with van der Waals surface area (Å²) in [5.41, 5.74) is 0.944. The van der Waals surface area contributed by atoms with Gasteiger partial charge in [-0.1, -0.05) is 19.1 Å². The molecule has 1 atom stereocenters. The van der Waals surface area contributed by atoms with Crippen LogP contribution in [0.3, 0.4) is 0 Å². The van der Waals surface area contributed by atoms with E-state index in [4.69, 9.17) is 4.42 Å². The van der Waals surface area contributed by atoms with Crippen LogP contribution in [0.15, 0.2) is 51.3 Å².